The molecule has 1 aliphatic heterocycles. The van der Waals surface area contributed by atoms with E-state index in [1.807, 2.05) is 35.2 Å². The highest BCUT2D eigenvalue weighted by molar-refractivity contribution is 6.00. The van der Waals surface area contributed by atoms with Crippen molar-refractivity contribution in [3.05, 3.63) is 66.0 Å². The molecule has 34 heavy (non-hydrogen) atoms. The number of benzene rings is 2. The predicted octanol–water partition coefficient (Wildman–Crippen LogP) is 3.01. The standard InChI is InChI=1S/C25H25N5O4/c1-32-22-11-9-18(16-23(22)33-2)8-10-21(31)20(17-26)24-27-28-25(29-12-14-34-15-13-29)30(24)19-6-4-3-5-7-19/h3-11,16,20H,12-15H2,1-2H3/b10-8+/t20-/m1/s1. The van der Waals surface area contributed by atoms with Crippen molar-refractivity contribution < 1.29 is 19.0 Å². The average molecular weight is 460 g/mol. The lowest BCUT2D eigenvalue weighted by atomic mass is 10.0. The largest absolute Gasteiger partial charge is 0.493 e. The highest BCUT2D eigenvalue weighted by atomic mass is 16.5. The molecule has 0 radical (unpaired) electrons. The number of ether oxygens (including phenoxy) is 3. The SMILES string of the molecule is COc1ccc(/C=C/C(=O)[C@@H](C#N)c2nnc(N3CCOCC3)n2-c2ccccc2)cc1OC. The van der Waals surface area contributed by atoms with Crippen LogP contribution in [0.4, 0.5) is 5.95 Å². The van der Waals surface area contributed by atoms with E-state index in [1.54, 1.807) is 43.1 Å². The molecule has 1 fully saturated rings. The zero-order valence-electron chi connectivity index (χ0n) is 19.0. The summed E-state index contributed by atoms with van der Waals surface area (Å²) >= 11 is 0. The van der Waals surface area contributed by atoms with Gasteiger partial charge in [-0.3, -0.25) is 9.36 Å². The number of hydrogen-bond acceptors (Lipinski definition) is 8. The Balaban J connectivity index is 1.67. The van der Waals surface area contributed by atoms with Crippen molar-refractivity contribution in [2.24, 2.45) is 0 Å². The summed E-state index contributed by atoms with van der Waals surface area (Å²) in [4.78, 5) is 15.2. The molecule has 3 aromatic rings. The molecule has 0 unspecified atom stereocenters. The molecule has 0 bridgehead atoms. The number of rotatable bonds is 8. The second-order valence-electron chi connectivity index (χ2n) is 7.54. The zero-order valence-corrected chi connectivity index (χ0v) is 19.0. The molecule has 2 aromatic carbocycles. The van der Waals surface area contributed by atoms with Gasteiger partial charge in [0, 0.05) is 13.1 Å². The Morgan fingerprint density at radius 3 is 2.50 bits per heavy atom. The Morgan fingerprint density at radius 2 is 1.82 bits per heavy atom. The number of carbonyl (C=O) groups is 1. The lowest BCUT2D eigenvalue weighted by Crippen LogP contribution is -2.38. The summed E-state index contributed by atoms with van der Waals surface area (Å²) in [7, 11) is 3.10. The van der Waals surface area contributed by atoms with Crippen molar-refractivity contribution in [2.45, 2.75) is 5.92 Å². The molecule has 0 amide bonds. The Labute approximate surface area is 197 Å². The first-order chi connectivity index (χ1) is 16.7. The van der Waals surface area contributed by atoms with Gasteiger partial charge in [-0.15, -0.1) is 10.2 Å². The Morgan fingerprint density at radius 1 is 1.09 bits per heavy atom. The summed E-state index contributed by atoms with van der Waals surface area (Å²) in [6.45, 7) is 2.45. The number of methoxy groups -OCH3 is 2. The molecule has 9 heteroatoms. The number of anilines is 1. The first-order valence-corrected chi connectivity index (χ1v) is 10.8. The van der Waals surface area contributed by atoms with Crippen LogP contribution in [0.2, 0.25) is 0 Å². The first kappa shape index (κ1) is 23.0. The van der Waals surface area contributed by atoms with E-state index in [9.17, 15) is 10.1 Å². The maximum absolute atomic E-state index is 13.1. The maximum Gasteiger partial charge on any atom is 0.232 e. The molecule has 1 saturated heterocycles. The molecule has 4 rings (SSSR count). The fraction of sp³-hybridized carbons (Fsp3) is 0.280. The van der Waals surface area contributed by atoms with Crippen LogP contribution >= 0.6 is 0 Å². The van der Waals surface area contributed by atoms with E-state index in [-0.39, 0.29) is 5.82 Å². The predicted molar refractivity (Wildman–Crippen MR) is 126 cm³/mol. The fourth-order valence-electron chi connectivity index (χ4n) is 3.75. The number of para-hydroxylation sites is 1. The highest BCUT2D eigenvalue weighted by Gasteiger charge is 2.29. The molecule has 0 spiro atoms. The quantitative estimate of drug-likeness (QED) is 0.474. The van der Waals surface area contributed by atoms with E-state index in [0.29, 0.717) is 43.8 Å². The summed E-state index contributed by atoms with van der Waals surface area (Å²) in [6, 6.07) is 16.9. The molecule has 0 aliphatic carbocycles. The minimum absolute atomic E-state index is 0.275. The van der Waals surface area contributed by atoms with Crippen molar-refractivity contribution in [2.75, 3.05) is 45.4 Å². The smallest absolute Gasteiger partial charge is 0.232 e. The van der Waals surface area contributed by atoms with Crippen LogP contribution in [0, 0.1) is 11.3 Å². The lowest BCUT2D eigenvalue weighted by Gasteiger charge is -2.28. The van der Waals surface area contributed by atoms with Gasteiger partial charge in [0.1, 0.15) is 0 Å². The third-order valence-electron chi connectivity index (χ3n) is 5.50. The molecule has 1 aromatic heterocycles. The second-order valence-corrected chi connectivity index (χ2v) is 7.54. The second kappa shape index (κ2) is 10.6. The molecule has 2 heterocycles. The minimum Gasteiger partial charge on any atom is -0.493 e. The van der Waals surface area contributed by atoms with Gasteiger partial charge in [0.05, 0.1) is 39.2 Å². The number of allylic oxidation sites excluding steroid dienone is 1. The number of ketones is 1. The fourth-order valence-corrected chi connectivity index (χ4v) is 3.75. The summed E-state index contributed by atoms with van der Waals surface area (Å²) < 4.78 is 17.8. The van der Waals surface area contributed by atoms with E-state index in [1.165, 1.54) is 6.08 Å². The number of morpholine rings is 1. The van der Waals surface area contributed by atoms with Crippen molar-refractivity contribution >= 4 is 17.8 Å². The van der Waals surface area contributed by atoms with Crippen LogP contribution in [0.15, 0.2) is 54.6 Å². The van der Waals surface area contributed by atoms with Crippen LogP contribution in [0.1, 0.15) is 17.3 Å². The van der Waals surface area contributed by atoms with E-state index in [0.717, 1.165) is 11.3 Å². The van der Waals surface area contributed by atoms with Crippen molar-refractivity contribution in [1.82, 2.24) is 14.8 Å². The van der Waals surface area contributed by atoms with Gasteiger partial charge in [0.25, 0.3) is 0 Å². The lowest BCUT2D eigenvalue weighted by molar-refractivity contribution is -0.115. The molecular formula is C25H25N5O4. The van der Waals surface area contributed by atoms with Crippen LogP contribution in [0.25, 0.3) is 11.8 Å². The molecule has 9 nitrogen and oxygen atoms in total. The first-order valence-electron chi connectivity index (χ1n) is 10.8. The third-order valence-corrected chi connectivity index (χ3v) is 5.50. The minimum atomic E-state index is -1.13. The van der Waals surface area contributed by atoms with E-state index >= 15 is 0 Å². The summed E-state index contributed by atoms with van der Waals surface area (Å²) in [5, 5.41) is 18.6. The normalized spacial score (nSPS) is 14.6. The maximum atomic E-state index is 13.1. The monoisotopic (exact) mass is 459 g/mol. The number of hydrogen-bond donors (Lipinski definition) is 0. The van der Waals surface area contributed by atoms with E-state index in [4.69, 9.17) is 14.2 Å². The molecule has 0 saturated carbocycles. The molecule has 0 N–H and O–H groups in total. The van der Waals surface area contributed by atoms with Crippen LogP contribution in [0.3, 0.4) is 0 Å². The van der Waals surface area contributed by atoms with Crippen LogP contribution in [-0.4, -0.2) is 61.1 Å². The van der Waals surface area contributed by atoms with Gasteiger partial charge >= 0.3 is 0 Å². The van der Waals surface area contributed by atoms with Gasteiger partial charge in [-0.1, -0.05) is 30.3 Å². The molecule has 1 atom stereocenters. The van der Waals surface area contributed by atoms with Crippen molar-refractivity contribution in [3.63, 3.8) is 0 Å². The van der Waals surface area contributed by atoms with Crippen molar-refractivity contribution in [3.8, 4) is 23.3 Å². The van der Waals surface area contributed by atoms with Crippen LogP contribution < -0.4 is 14.4 Å². The summed E-state index contributed by atoms with van der Waals surface area (Å²) in [6.07, 6.45) is 3.02. The number of nitriles is 1. The van der Waals surface area contributed by atoms with Gasteiger partial charge < -0.3 is 19.1 Å². The molecular weight excluding hydrogens is 434 g/mol. The Bertz CT molecular complexity index is 1210. The molecule has 1 aliphatic rings. The van der Waals surface area contributed by atoms with Gasteiger partial charge in [-0.05, 0) is 35.9 Å². The zero-order chi connectivity index (χ0) is 23.9. The summed E-state index contributed by atoms with van der Waals surface area (Å²) in [5.41, 5.74) is 1.52. The number of nitrogens with zero attached hydrogens (tertiary/aromatic N) is 5. The number of aromatic nitrogens is 3. The van der Waals surface area contributed by atoms with Crippen LogP contribution in [0.5, 0.6) is 11.5 Å². The topological polar surface area (TPSA) is 103 Å². The average Bonchev–Trinajstić information content (AvgIpc) is 3.33. The third kappa shape index (κ3) is 4.77. The van der Waals surface area contributed by atoms with Gasteiger partial charge in [-0.2, -0.15) is 5.26 Å². The number of carbonyl (C=O) groups excluding carboxylic acids is 1. The van der Waals surface area contributed by atoms with Gasteiger partial charge in [-0.25, -0.2) is 0 Å². The van der Waals surface area contributed by atoms with Crippen molar-refractivity contribution in [1.29, 1.82) is 5.26 Å². The van der Waals surface area contributed by atoms with E-state index in [2.05, 4.69) is 16.3 Å². The highest BCUT2D eigenvalue weighted by Crippen LogP contribution is 2.29. The van der Waals surface area contributed by atoms with Gasteiger partial charge in [0.15, 0.2) is 29.0 Å². The van der Waals surface area contributed by atoms with E-state index < -0.39 is 11.7 Å². The Kier molecular flexibility index (Phi) is 7.20. The van der Waals surface area contributed by atoms with Crippen LogP contribution in [-0.2, 0) is 9.53 Å². The van der Waals surface area contributed by atoms with Gasteiger partial charge in [0.2, 0.25) is 5.95 Å². The molecule has 174 valence electrons. The Hall–Kier alpha value is -4.16. The summed E-state index contributed by atoms with van der Waals surface area (Å²) in [5.74, 6) is 0.480.